The third-order valence-corrected chi connectivity index (χ3v) is 2.78. The fraction of sp³-hybridized carbons (Fsp3) is 0.200. The maximum atomic E-state index is 10.7. The van der Waals surface area contributed by atoms with Crippen LogP contribution in [0.15, 0.2) is 12.1 Å². The molecule has 1 aromatic carbocycles. The number of carboxylic acid groups (broad SMARTS) is 1. The van der Waals surface area contributed by atoms with Gasteiger partial charge in [-0.05, 0) is 23.3 Å². The SMILES string of the molecule is O=C(O)Cc1c(Cl)cc(Cl)cc1C(O)C=S. The molecule has 1 aromatic rings. The molecule has 2 N–H and O–H groups in total. The molecule has 0 saturated heterocycles. The first-order valence-corrected chi connectivity index (χ1v) is 5.51. The number of carboxylic acids is 1. The van der Waals surface area contributed by atoms with Gasteiger partial charge in [0.15, 0.2) is 0 Å². The van der Waals surface area contributed by atoms with Crippen LogP contribution in [0, 0.1) is 0 Å². The fourth-order valence-corrected chi connectivity index (χ4v) is 2.02. The molecular weight excluding hydrogens is 271 g/mol. The molecule has 6 heteroatoms. The van der Waals surface area contributed by atoms with Gasteiger partial charge in [-0.2, -0.15) is 0 Å². The maximum absolute atomic E-state index is 10.7. The number of aliphatic hydroxyl groups is 1. The molecule has 0 aliphatic rings. The van der Waals surface area contributed by atoms with Crippen LogP contribution in [-0.4, -0.2) is 21.5 Å². The highest BCUT2D eigenvalue weighted by Crippen LogP contribution is 2.29. The van der Waals surface area contributed by atoms with Crippen molar-refractivity contribution in [2.24, 2.45) is 0 Å². The van der Waals surface area contributed by atoms with E-state index >= 15 is 0 Å². The zero-order valence-corrected chi connectivity index (χ0v) is 10.3. The summed E-state index contributed by atoms with van der Waals surface area (Å²) in [5.74, 6) is -1.04. The molecule has 0 aliphatic carbocycles. The average molecular weight is 279 g/mol. The first kappa shape index (κ1) is 13.4. The number of aliphatic carboxylic acids is 1. The molecule has 1 unspecified atom stereocenters. The summed E-state index contributed by atoms with van der Waals surface area (Å²) >= 11 is 16.2. The van der Waals surface area contributed by atoms with Gasteiger partial charge in [0.2, 0.25) is 0 Å². The van der Waals surface area contributed by atoms with Crippen molar-refractivity contribution in [3.63, 3.8) is 0 Å². The van der Waals surface area contributed by atoms with Crippen LogP contribution in [0.1, 0.15) is 17.2 Å². The number of carbonyl (C=O) groups is 1. The predicted octanol–water partition coefficient (Wildman–Crippen LogP) is 2.65. The zero-order valence-electron chi connectivity index (χ0n) is 7.98. The predicted molar refractivity (Wildman–Crippen MR) is 66.4 cm³/mol. The summed E-state index contributed by atoms with van der Waals surface area (Å²) in [4.78, 5) is 10.7. The zero-order chi connectivity index (χ0) is 12.3. The van der Waals surface area contributed by atoms with Crippen LogP contribution in [0.5, 0.6) is 0 Å². The second-order valence-electron chi connectivity index (χ2n) is 3.11. The van der Waals surface area contributed by atoms with Gasteiger partial charge in [0.25, 0.3) is 0 Å². The second-order valence-corrected chi connectivity index (χ2v) is 4.22. The maximum Gasteiger partial charge on any atom is 0.307 e. The van der Waals surface area contributed by atoms with Crippen LogP contribution in [-0.2, 0) is 11.2 Å². The topological polar surface area (TPSA) is 57.5 Å². The van der Waals surface area contributed by atoms with E-state index in [-0.39, 0.29) is 11.4 Å². The lowest BCUT2D eigenvalue weighted by Gasteiger charge is -2.13. The van der Waals surface area contributed by atoms with Gasteiger partial charge in [-0.15, -0.1) is 0 Å². The van der Waals surface area contributed by atoms with Gasteiger partial charge in [0, 0.05) is 15.4 Å². The number of aliphatic hydroxyl groups excluding tert-OH is 1. The third kappa shape index (κ3) is 3.15. The Hall–Kier alpha value is -0.680. The first-order valence-electron chi connectivity index (χ1n) is 4.28. The minimum absolute atomic E-state index is 0.209. The van der Waals surface area contributed by atoms with Crippen molar-refractivity contribution in [3.05, 3.63) is 33.3 Å². The highest BCUT2D eigenvalue weighted by Gasteiger charge is 2.16. The van der Waals surface area contributed by atoms with Gasteiger partial charge in [-0.25, -0.2) is 0 Å². The van der Waals surface area contributed by atoms with E-state index in [0.717, 1.165) is 5.37 Å². The largest absolute Gasteiger partial charge is 0.481 e. The van der Waals surface area contributed by atoms with E-state index in [2.05, 4.69) is 12.2 Å². The number of hydrogen-bond acceptors (Lipinski definition) is 3. The van der Waals surface area contributed by atoms with Crippen molar-refractivity contribution in [2.45, 2.75) is 12.5 Å². The van der Waals surface area contributed by atoms with Gasteiger partial charge >= 0.3 is 5.97 Å². The van der Waals surface area contributed by atoms with E-state index in [1.807, 2.05) is 0 Å². The Kier molecular flexibility index (Phi) is 4.68. The highest BCUT2D eigenvalue weighted by molar-refractivity contribution is 7.79. The van der Waals surface area contributed by atoms with Crippen molar-refractivity contribution < 1.29 is 15.0 Å². The van der Waals surface area contributed by atoms with Crippen LogP contribution in [0.4, 0.5) is 0 Å². The third-order valence-electron chi connectivity index (χ3n) is 1.97. The van der Waals surface area contributed by atoms with E-state index in [4.69, 9.17) is 28.3 Å². The van der Waals surface area contributed by atoms with Crippen LogP contribution >= 0.6 is 35.4 Å². The van der Waals surface area contributed by atoms with Crippen LogP contribution < -0.4 is 0 Å². The van der Waals surface area contributed by atoms with Crippen LogP contribution in [0.2, 0.25) is 10.0 Å². The lowest BCUT2D eigenvalue weighted by molar-refractivity contribution is -0.136. The summed E-state index contributed by atoms with van der Waals surface area (Å²) in [6.45, 7) is 0. The van der Waals surface area contributed by atoms with E-state index in [0.29, 0.717) is 16.1 Å². The molecule has 1 rings (SSSR count). The molecule has 0 fully saturated rings. The number of hydrogen-bond donors (Lipinski definition) is 2. The standard InChI is InChI=1S/C10H8Cl2O3S/c11-5-1-7(9(13)4-16)6(3-10(14)15)8(12)2-5/h1-2,4,9,13H,3H2,(H,14,15). The molecule has 0 spiro atoms. The van der Waals surface area contributed by atoms with Crippen molar-refractivity contribution in [3.8, 4) is 0 Å². The summed E-state index contributed by atoms with van der Waals surface area (Å²) in [5, 5.41) is 20.0. The summed E-state index contributed by atoms with van der Waals surface area (Å²) in [6, 6.07) is 2.89. The van der Waals surface area contributed by atoms with Crippen LogP contribution in [0.25, 0.3) is 0 Å². The molecule has 3 nitrogen and oxygen atoms in total. The number of benzene rings is 1. The van der Waals surface area contributed by atoms with Gasteiger partial charge in [0.05, 0.1) is 6.42 Å². The van der Waals surface area contributed by atoms with E-state index < -0.39 is 12.1 Å². The van der Waals surface area contributed by atoms with Crippen molar-refractivity contribution in [2.75, 3.05) is 0 Å². The van der Waals surface area contributed by atoms with Gasteiger partial charge in [-0.3, -0.25) is 4.79 Å². The minimum atomic E-state index is -1.06. The van der Waals surface area contributed by atoms with Crippen molar-refractivity contribution in [1.82, 2.24) is 0 Å². The lowest BCUT2D eigenvalue weighted by Crippen LogP contribution is -2.08. The second kappa shape index (κ2) is 5.59. The molecule has 0 amide bonds. The van der Waals surface area contributed by atoms with E-state index in [1.165, 1.54) is 12.1 Å². The quantitative estimate of drug-likeness (QED) is 0.832. The molecule has 0 aromatic heterocycles. The normalized spacial score (nSPS) is 12.2. The number of thiocarbonyl (C=S) groups is 1. The molecule has 0 bridgehead atoms. The molecule has 1 atom stereocenters. The molecule has 0 radical (unpaired) electrons. The Bertz CT molecular complexity index is 434. The molecule has 0 saturated carbocycles. The molecule has 16 heavy (non-hydrogen) atoms. The van der Waals surface area contributed by atoms with Gasteiger partial charge in [-0.1, -0.05) is 35.4 Å². The summed E-state index contributed by atoms with van der Waals surface area (Å²) in [6.07, 6.45) is -1.34. The number of halogens is 2. The Labute approximate surface area is 108 Å². The molecule has 86 valence electrons. The molecule has 0 aliphatic heterocycles. The average Bonchev–Trinajstić information content (AvgIpc) is 2.20. The smallest absolute Gasteiger partial charge is 0.307 e. The molecular formula is C10H8Cl2O3S. The van der Waals surface area contributed by atoms with Crippen LogP contribution in [0.3, 0.4) is 0 Å². The highest BCUT2D eigenvalue weighted by atomic mass is 35.5. The fourth-order valence-electron chi connectivity index (χ4n) is 1.30. The Balaban J connectivity index is 3.31. The van der Waals surface area contributed by atoms with E-state index in [1.54, 1.807) is 0 Å². The summed E-state index contributed by atoms with van der Waals surface area (Å²) < 4.78 is 0. The van der Waals surface area contributed by atoms with Crippen molar-refractivity contribution >= 4 is 46.8 Å². The van der Waals surface area contributed by atoms with Crippen molar-refractivity contribution in [1.29, 1.82) is 0 Å². The monoisotopic (exact) mass is 278 g/mol. The molecule has 0 heterocycles. The Morgan fingerprint density at radius 1 is 1.50 bits per heavy atom. The Morgan fingerprint density at radius 2 is 2.12 bits per heavy atom. The lowest BCUT2D eigenvalue weighted by atomic mass is 10.0. The van der Waals surface area contributed by atoms with E-state index in [9.17, 15) is 9.90 Å². The number of rotatable bonds is 4. The minimum Gasteiger partial charge on any atom is -0.481 e. The van der Waals surface area contributed by atoms with Gasteiger partial charge < -0.3 is 10.2 Å². The van der Waals surface area contributed by atoms with Gasteiger partial charge in [0.1, 0.15) is 6.10 Å². The summed E-state index contributed by atoms with van der Waals surface area (Å²) in [7, 11) is 0. The Morgan fingerprint density at radius 3 is 2.62 bits per heavy atom. The first-order chi connectivity index (χ1) is 7.45. The summed E-state index contributed by atoms with van der Waals surface area (Å²) in [5.41, 5.74) is 0.655.